The van der Waals surface area contributed by atoms with Gasteiger partial charge in [0, 0.05) is 18.0 Å². The fourth-order valence-electron chi connectivity index (χ4n) is 3.10. The Morgan fingerprint density at radius 2 is 2.00 bits per heavy atom. The highest BCUT2D eigenvalue weighted by Crippen LogP contribution is 2.26. The lowest BCUT2D eigenvalue weighted by atomic mass is 10.1. The van der Waals surface area contributed by atoms with E-state index in [0.29, 0.717) is 6.54 Å². The number of carbonyl (C=O) groups excluding carboxylic acids is 1. The van der Waals surface area contributed by atoms with Gasteiger partial charge in [0.15, 0.2) is 0 Å². The van der Waals surface area contributed by atoms with E-state index in [-0.39, 0.29) is 17.8 Å². The zero-order valence-electron chi connectivity index (χ0n) is 14.5. The van der Waals surface area contributed by atoms with E-state index >= 15 is 0 Å². The van der Waals surface area contributed by atoms with Crippen LogP contribution in [0.1, 0.15) is 22.9 Å². The van der Waals surface area contributed by atoms with Gasteiger partial charge in [-0.3, -0.25) is 9.69 Å². The van der Waals surface area contributed by atoms with E-state index in [1.807, 2.05) is 17.5 Å². The standard InChI is InChI=1S/C19H24FN3OS/c1-22-9-3-10-23(12-11-22)14-18(24)21-19(17-4-2-13-25-17)15-5-7-16(20)8-6-15/h2,4-8,13,19H,3,9-12,14H2,1H3,(H,21,24)/t19-/m1/s1. The van der Waals surface area contributed by atoms with Gasteiger partial charge in [-0.1, -0.05) is 18.2 Å². The molecule has 0 spiro atoms. The van der Waals surface area contributed by atoms with Crippen molar-refractivity contribution in [1.29, 1.82) is 0 Å². The number of likely N-dealkylation sites (N-methyl/N-ethyl adjacent to an activating group) is 1. The van der Waals surface area contributed by atoms with Gasteiger partial charge in [-0.15, -0.1) is 11.3 Å². The maximum atomic E-state index is 13.2. The summed E-state index contributed by atoms with van der Waals surface area (Å²) in [5.41, 5.74) is 0.896. The molecule has 0 aliphatic carbocycles. The van der Waals surface area contributed by atoms with E-state index in [4.69, 9.17) is 0 Å². The summed E-state index contributed by atoms with van der Waals surface area (Å²) in [5, 5.41) is 5.12. The number of thiophene rings is 1. The number of nitrogens with one attached hydrogen (secondary N) is 1. The minimum atomic E-state index is -0.270. The number of halogens is 1. The monoisotopic (exact) mass is 361 g/mol. The zero-order valence-corrected chi connectivity index (χ0v) is 15.3. The van der Waals surface area contributed by atoms with Crippen LogP contribution in [0.15, 0.2) is 41.8 Å². The highest BCUT2D eigenvalue weighted by Gasteiger charge is 2.20. The Bertz CT molecular complexity index is 674. The molecule has 1 aromatic carbocycles. The van der Waals surface area contributed by atoms with Crippen LogP contribution < -0.4 is 5.32 Å². The van der Waals surface area contributed by atoms with Crippen molar-refractivity contribution in [2.75, 3.05) is 39.8 Å². The van der Waals surface area contributed by atoms with Crippen LogP contribution in [-0.2, 0) is 4.79 Å². The molecule has 134 valence electrons. The summed E-state index contributed by atoms with van der Waals surface area (Å²) >= 11 is 1.59. The first-order chi connectivity index (χ1) is 12.1. The van der Waals surface area contributed by atoms with Crippen LogP contribution in [0, 0.1) is 5.82 Å². The van der Waals surface area contributed by atoms with E-state index in [1.54, 1.807) is 23.5 Å². The Morgan fingerprint density at radius 1 is 1.20 bits per heavy atom. The third kappa shape index (κ3) is 5.11. The van der Waals surface area contributed by atoms with Crippen LogP contribution in [-0.4, -0.2) is 55.5 Å². The molecule has 0 bridgehead atoms. The van der Waals surface area contributed by atoms with Crippen molar-refractivity contribution in [3.8, 4) is 0 Å². The quantitative estimate of drug-likeness (QED) is 0.889. The number of amides is 1. The van der Waals surface area contributed by atoms with Gasteiger partial charge < -0.3 is 10.2 Å². The second-order valence-electron chi connectivity index (χ2n) is 6.50. The van der Waals surface area contributed by atoms with Crippen molar-refractivity contribution in [2.24, 2.45) is 0 Å². The van der Waals surface area contributed by atoms with Crippen molar-refractivity contribution in [2.45, 2.75) is 12.5 Å². The molecule has 3 rings (SSSR count). The molecule has 0 radical (unpaired) electrons. The summed E-state index contributed by atoms with van der Waals surface area (Å²) in [6.45, 7) is 4.31. The lowest BCUT2D eigenvalue weighted by Gasteiger charge is -2.23. The Hall–Kier alpha value is -1.76. The van der Waals surface area contributed by atoms with Crippen LogP contribution in [0.2, 0.25) is 0 Å². The molecule has 1 fully saturated rings. The number of benzene rings is 1. The van der Waals surface area contributed by atoms with Crippen LogP contribution in [0.4, 0.5) is 4.39 Å². The first-order valence-electron chi connectivity index (χ1n) is 8.61. The van der Waals surface area contributed by atoms with Gasteiger partial charge >= 0.3 is 0 Å². The van der Waals surface area contributed by atoms with Gasteiger partial charge in [0.25, 0.3) is 0 Å². The van der Waals surface area contributed by atoms with Crippen molar-refractivity contribution in [3.63, 3.8) is 0 Å². The SMILES string of the molecule is CN1CCCN(CC(=O)N[C@H](c2ccc(F)cc2)c2cccs2)CC1. The number of hydrogen-bond donors (Lipinski definition) is 1. The Balaban J connectivity index is 1.67. The molecule has 2 aromatic rings. The van der Waals surface area contributed by atoms with Crippen molar-refractivity contribution in [1.82, 2.24) is 15.1 Å². The normalized spacial score (nSPS) is 17.8. The molecular weight excluding hydrogens is 337 g/mol. The van der Waals surface area contributed by atoms with E-state index in [1.165, 1.54) is 12.1 Å². The second kappa shape index (κ2) is 8.56. The van der Waals surface area contributed by atoms with Crippen LogP contribution >= 0.6 is 11.3 Å². The molecule has 0 saturated carbocycles. The molecule has 1 atom stereocenters. The minimum Gasteiger partial charge on any atom is -0.343 e. The van der Waals surface area contributed by atoms with Crippen molar-refractivity contribution < 1.29 is 9.18 Å². The first kappa shape index (κ1) is 18.0. The predicted molar refractivity (Wildman–Crippen MR) is 99.3 cm³/mol. The summed E-state index contributed by atoms with van der Waals surface area (Å²) < 4.78 is 13.2. The highest BCUT2D eigenvalue weighted by atomic mass is 32.1. The second-order valence-corrected chi connectivity index (χ2v) is 7.48. The number of nitrogens with zero attached hydrogens (tertiary/aromatic N) is 2. The van der Waals surface area contributed by atoms with E-state index in [0.717, 1.165) is 43.0 Å². The molecule has 1 aromatic heterocycles. The van der Waals surface area contributed by atoms with Gasteiger partial charge in [0.1, 0.15) is 5.82 Å². The summed E-state index contributed by atoms with van der Waals surface area (Å²) in [7, 11) is 2.12. The molecule has 1 N–H and O–H groups in total. The maximum Gasteiger partial charge on any atom is 0.234 e. The number of rotatable bonds is 5. The van der Waals surface area contributed by atoms with E-state index in [2.05, 4.69) is 22.2 Å². The maximum absolute atomic E-state index is 13.2. The Labute approximate surface area is 152 Å². The third-order valence-electron chi connectivity index (χ3n) is 4.52. The molecule has 6 heteroatoms. The van der Waals surface area contributed by atoms with Crippen LogP contribution in [0.25, 0.3) is 0 Å². The molecule has 1 aliphatic rings. The molecule has 0 unspecified atom stereocenters. The van der Waals surface area contributed by atoms with Gasteiger partial charge in [-0.2, -0.15) is 0 Å². The lowest BCUT2D eigenvalue weighted by Crippen LogP contribution is -2.40. The summed E-state index contributed by atoms with van der Waals surface area (Å²) in [6, 6.07) is 10.1. The van der Waals surface area contributed by atoms with Crippen molar-refractivity contribution in [3.05, 3.63) is 58.0 Å². The highest BCUT2D eigenvalue weighted by molar-refractivity contribution is 7.10. The van der Waals surface area contributed by atoms with Gasteiger partial charge in [0.05, 0.1) is 12.6 Å². The average molecular weight is 361 g/mol. The summed E-state index contributed by atoms with van der Waals surface area (Å²) in [5.74, 6) is -0.263. The topological polar surface area (TPSA) is 35.6 Å². The summed E-state index contributed by atoms with van der Waals surface area (Å²) in [6.07, 6.45) is 1.08. The van der Waals surface area contributed by atoms with E-state index < -0.39 is 0 Å². The molecular formula is C19H24FN3OS. The van der Waals surface area contributed by atoms with Gasteiger partial charge in [-0.05, 0) is 55.7 Å². The number of hydrogen-bond acceptors (Lipinski definition) is 4. The zero-order chi connectivity index (χ0) is 17.6. The third-order valence-corrected chi connectivity index (χ3v) is 5.45. The number of carbonyl (C=O) groups is 1. The van der Waals surface area contributed by atoms with Crippen molar-refractivity contribution >= 4 is 17.2 Å². The average Bonchev–Trinajstić information content (AvgIpc) is 3.05. The molecule has 1 saturated heterocycles. The minimum absolute atomic E-state index is 0.00674. The molecule has 1 amide bonds. The van der Waals surface area contributed by atoms with E-state index in [9.17, 15) is 9.18 Å². The van der Waals surface area contributed by atoms with Crippen LogP contribution in [0.5, 0.6) is 0 Å². The van der Waals surface area contributed by atoms with Gasteiger partial charge in [0.2, 0.25) is 5.91 Å². The van der Waals surface area contributed by atoms with Gasteiger partial charge in [-0.25, -0.2) is 4.39 Å². The Morgan fingerprint density at radius 3 is 2.72 bits per heavy atom. The fourth-order valence-corrected chi connectivity index (χ4v) is 3.90. The molecule has 25 heavy (non-hydrogen) atoms. The van der Waals surface area contributed by atoms with Crippen LogP contribution in [0.3, 0.4) is 0 Å². The Kier molecular flexibility index (Phi) is 6.18. The fraction of sp³-hybridized carbons (Fsp3) is 0.421. The predicted octanol–water partition coefficient (Wildman–Crippen LogP) is 2.73. The first-order valence-corrected chi connectivity index (χ1v) is 9.49. The molecule has 2 heterocycles. The lowest BCUT2D eigenvalue weighted by molar-refractivity contribution is -0.122. The summed E-state index contributed by atoms with van der Waals surface area (Å²) in [4.78, 5) is 18.2. The largest absolute Gasteiger partial charge is 0.343 e. The smallest absolute Gasteiger partial charge is 0.234 e. The molecule has 1 aliphatic heterocycles. The molecule has 4 nitrogen and oxygen atoms in total.